The second kappa shape index (κ2) is 8.56. The minimum Gasteiger partial charge on any atom is -0.481 e. The molecule has 0 N–H and O–H groups in total. The SMILES string of the molecule is O=C(COc1cccc2cccnc12)N1CCN(S(=O)(=O)c2ccc(F)c(F)c2)CC1. The van der Waals surface area contributed by atoms with Gasteiger partial charge in [-0.2, -0.15) is 4.31 Å². The molecule has 10 heteroatoms. The summed E-state index contributed by atoms with van der Waals surface area (Å²) in [6.07, 6.45) is 1.64. The molecule has 1 aliphatic heterocycles. The van der Waals surface area contributed by atoms with E-state index in [2.05, 4.69) is 4.98 Å². The lowest BCUT2D eigenvalue weighted by Crippen LogP contribution is -2.51. The molecule has 0 atom stereocenters. The number of ether oxygens (including phenoxy) is 1. The van der Waals surface area contributed by atoms with E-state index in [1.165, 1.54) is 4.90 Å². The monoisotopic (exact) mass is 447 g/mol. The van der Waals surface area contributed by atoms with Crippen molar-refractivity contribution in [2.75, 3.05) is 32.8 Å². The second-order valence-corrected chi connectivity index (χ2v) is 8.92. The molecule has 7 nitrogen and oxygen atoms in total. The molecule has 1 aromatic heterocycles. The first-order chi connectivity index (χ1) is 14.9. The van der Waals surface area contributed by atoms with Gasteiger partial charge in [-0.05, 0) is 30.3 Å². The summed E-state index contributed by atoms with van der Waals surface area (Å²) in [5.74, 6) is -2.13. The van der Waals surface area contributed by atoms with E-state index >= 15 is 0 Å². The molecule has 4 rings (SSSR count). The second-order valence-electron chi connectivity index (χ2n) is 6.98. The van der Waals surface area contributed by atoms with Crippen molar-refractivity contribution in [1.29, 1.82) is 0 Å². The van der Waals surface area contributed by atoms with E-state index in [-0.39, 0.29) is 43.6 Å². The molecule has 2 aromatic carbocycles. The molecule has 0 unspecified atom stereocenters. The number of aromatic nitrogens is 1. The lowest BCUT2D eigenvalue weighted by atomic mass is 10.2. The van der Waals surface area contributed by atoms with E-state index in [0.29, 0.717) is 17.3 Å². The quantitative estimate of drug-likeness (QED) is 0.600. The standard InChI is InChI=1S/C21H19F2N3O4S/c22-17-7-6-16(13-18(17)23)31(28,29)26-11-9-25(10-12-26)20(27)14-30-19-5-1-3-15-4-2-8-24-21(15)19/h1-8,13H,9-12,14H2. The molecule has 0 bridgehead atoms. The molecule has 2 heterocycles. The van der Waals surface area contributed by atoms with Crippen molar-refractivity contribution in [2.45, 2.75) is 4.90 Å². The van der Waals surface area contributed by atoms with Gasteiger partial charge in [0, 0.05) is 37.8 Å². The van der Waals surface area contributed by atoms with Crippen molar-refractivity contribution in [2.24, 2.45) is 0 Å². The minimum absolute atomic E-state index is 0.0445. The van der Waals surface area contributed by atoms with Crippen molar-refractivity contribution in [3.05, 3.63) is 66.4 Å². The van der Waals surface area contributed by atoms with E-state index in [1.54, 1.807) is 12.3 Å². The molecule has 162 valence electrons. The van der Waals surface area contributed by atoms with Crippen LogP contribution >= 0.6 is 0 Å². The Bertz CT molecular complexity index is 1220. The number of sulfonamides is 1. The van der Waals surface area contributed by atoms with E-state index in [4.69, 9.17) is 4.74 Å². The van der Waals surface area contributed by atoms with Crippen molar-refractivity contribution in [1.82, 2.24) is 14.2 Å². The smallest absolute Gasteiger partial charge is 0.260 e. The van der Waals surface area contributed by atoms with Crippen LogP contribution < -0.4 is 4.74 Å². The van der Waals surface area contributed by atoms with Gasteiger partial charge in [-0.15, -0.1) is 0 Å². The third kappa shape index (κ3) is 4.35. The lowest BCUT2D eigenvalue weighted by Gasteiger charge is -2.34. The number of halogens is 2. The first-order valence-electron chi connectivity index (χ1n) is 9.56. The van der Waals surface area contributed by atoms with Gasteiger partial charge >= 0.3 is 0 Å². The molecule has 1 saturated heterocycles. The number of fused-ring (bicyclic) bond motifs is 1. The summed E-state index contributed by atoms with van der Waals surface area (Å²) in [7, 11) is -3.98. The number of hydrogen-bond acceptors (Lipinski definition) is 5. The van der Waals surface area contributed by atoms with Crippen LogP contribution in [0.3, 0.4) is 0 Å². The highest BCUT2D eigenvalue weighted by Gasteiger charge is 2.30. The van der Waals surface area contributed by atoms with Crippen LogP contribution in [0.15, 0.2) is 59.6 Å². The van der Waals surface area contributed by atoms with Gasteiger partial charge in [0.05, 0.1) is 4.90 Å². The van der Waals surface area contributed by atoms with Crippen LogP contribution in [0.1, 0.15) is 0 Å². The molecule has 31 heavy (non-hydrogen) atoms. The fraction of sp³-hybridized carbons (Fsp3) is 0.238. The topological polar surface area (TPSA) is 79.8 Å². The molecular formula is C21H19F2N3O4S. The number of carbonyl (C=O) groups excluding carboxylic acids is 1. The highest BCUT2D eigenvalue weighted by Crippen LogP contribution is 2.23. The van der Waals surface area contributed by atoms with Crippen LogP contribution in [-0.4, -0.2) is 61.3 Å². The van der Waals surface area contributed by atoms with Gasteiger partial charge in [0.25, 0.3) is 5.91 Å². The summed E-state index contributed by atoms with van der Waals surface area (Å²) in [5.41, 5.74) is 0.653. The van der Waals surface area contributed by atoms with Crippen LogP contribution in [0, 0.1) is 11.6 Å². The zero-order valence-corrected chi connectivity index (χ0v) is 17.2. The first-order valence-corrected chi connectivity index (χ1v) is 11.0. The first kappa shape index (κ1) is 21.1. The molecule has 1 aliphatic rings. The normalized spacial score (nSPS) is 15.2. The summed E-state index contributed by atoms with van der Waals surface area (Å²) in [5, 5.41) is 0.892. The zero-order valence-electron chi connectivity index (χ0n) is 16.4. The van der Waals surface area contributed by atoms with Crippen LogP contribution in [0.4, 0.5) is 8.78 Å². The van der Waals surface area contributed by atoms with Gasteiger partial charge in [0.15, 0.2) is 18.2 Å². The number of pyridine rings is 1. The van der Waals surface area contributed by atoms with Crippen molar-refractivity contribution in [3.8, 4) is 5.75 Å². The average molecular weight is 447 g/mol. The fourth-order valence-corrected chi connectivity index (χ4v) is 4.82. The largest absolute Gasteiger partial charge is 0.481 e. The maximum Gasteiger partial charge on any atom is 0.260 e. The van der Waals surface area contributed by atoms with Gasteiger partial charge in [0.1, 0.15) is 11.3 Å². The lowest BCUT2D eigenvalue weighted by molar-refractivity contribution is -0.134. The van der Waals surface area contributed by atoms with E-state index in [0.717, 1.165) is 21.8 Å². The summed E-state index contributed by atoms with van der Waals surface area (Å²) >= 11 is 0. The summed E-state index contributed by atoms with van der Waals surface area (Å²) in [6.45, 7) is 0.217. The Morgan fingerprint density at radius 2 is 1.74 bits per heavy atom. The number of piperazine rings is 1. The van der Waals surface area contributed by atoms with Crippen LogP contribution in [-0.2, 0) is 14.8 Å². The Hall–Kier alpha value is -3.11. The number of para-hydroxylation sites is 1. The maximum atomic E-state index is 13.4. The third-order valence-corrected chi connectivity index (χ3v) is 6.96. The Balaban J connectivity index is 1.37. The van der Waals surface area contributed by atoms with Crippen LogP contribution in [0.5, 0.6) is 5.75 Å². The number of hydrogen-bond donors (Lipinski definition) is 0. The molecular weight excluding hydrogens is 428 g/mol. The third-order valence-electron chi connectivity index (χ3n) is 5.07. The van der Waals surface area contributed by atoms with Gasteiger partial charge in [-0.25, -0.2) is 17.2 Å². The summed E-state index contributed by atoms with van der Waals surface area (Å²) in [4.78, 5) is 18.0. The highest BCUT2D eigenvalue weighted by molar-refractivity contribution is 7.89. The molecule has 0 aliphatic carbocycles. The Morgan fingerprint density at radius 1 is 1.00 bits per heavy atom. The predicted octanol–water partition coefficient (Wildman–Crippen LogP) is 2.42. The number of nitrogens with zero attached hydrogens (tertiary/aromatic N) is 3. The van der Waals surface area contributed by atoms with E-state index in [1.807, 2.05) is 24.3 Å². The Labute approximate surface area is 177 Å². The summed E-state index contributed by atoms with van der Waals surface area (Å²) < 4.78 is 58.7. The molecule has 0 spiro atoms. The molecule has 0 saturated carbocycles. The summed E-state index contributed by atoms with van der Waals surface area (Å²) in [6, 6.07) is 11.6. The van der Waals surface area contributed by atoms with Crippen LogP contribution in [0.25, 0.3) is 10.9 Å². The van der Waals surface area contributed by atoms with Crippen molar-refractivity contribution in [3.63, 3.8) is 0 Å². The van der Waals surface area contributed by atoms with Gasteiger partial charge in [-0.3, -0.25) is 9.78 Å². The molecule has 3 aromatic rings. The van der Waals surface area contributed by atoms with Gasteiger partial charge < -0.3 is 9.64 Å². The van der Waals surface area contributed by atoms with Crippen molar-refractivity contribution >= 4 is 26.8 Å². The van der Waals surface area contributed by atoms with E-state index in [9.17, 15) is 22.0 Å². The number of amides is 1. The Kier molecular flexibility index (Phi) is 5.84. The minimum atomic E-state index is -3.98. The highest BCUT2D eigenvalue weighted by atomic mass is 32.2. The molecule has 1 amide bonds. The fourth-order valence-electron chi connectivity index (χ4n) is 3.39. The Morgan fingerprint density at radius 3 is 2.48 bits per heavy atom. The predicted molar refractivity (Wildman–Crippen MR) is 109 cm³/mol. The molecule has 0 radical (unpaired) electrons. The zero-order chi connectivity index (χ0) is 22.0. The number of carbonyl (C=O) groups is 1. The average Bonchev–Trinajstić information content (AvgIpc) is 2.79. The number of rotatable bonds is 5. The van der Waals surface area contributed by atoms with E-state index < -0.39 is 21.7 Å². The van der Waals surface area contributed by atoms with Gasteiger partial charge in [0.2, 0.25) is 10.0 Å². The number of benzene rings is 2. The van der Waals surface area contributed by atoms with Crippen LogP contribution in [0.2, 0.25) is 0 Å². The van der Waals surface area contributed by atoms with Crippen molar-refractivity contribution < 1.29 is 26.7 Å². The maximum absolute atomic E-state index is 13.4. The molecule has 1 fully saturated rings. The van der Waals surface area contributed by atoms with Gasteiger partial charge in [-0.1, -0.05) is 18.2 Å².